The monoisotopic (exact) mass is 263 g/mol. The van der Waals surface area contributed by atoms with Gasteiger partial charge in [0, 0.05) is 20.1 Å². The van der Waals surface area contributed by atoms with Gasteiger partial charge in [0.1, 0.15) is 11.7 Å². The summed E-state index contributed by atoms with van der Waals surface area (Å²) in [5.74, 6) is 0. The number of aromatic nitrogens is 4. The molecule has 6 heteroatoms. The average Bonchev–Trinajstić information content (AvgIpc) is 2.78. The summed E-state index contributed by atoms with van der Waals surface area (Å²) >= 11 is 0. The number of nitrogens with zero attached hydrogens (tertiary/aromatic N) is 4. The van der Waals surface area contributed by atoms with Crippen molar-refractivity contribution in [3.63, 3.8) is 0 Å². The molecule has 1 N–H and O–H groups in total. The number of nitrogens with one attached hydrogen (secondary N) is 1. The summed E-state index contributed by atoms with van der Waals surface area (Å²) in [6.07, 6.45) is 6.83. The smallest absolute Gasteiger partial charge is 0.264 e. The standard InChI is InChI=1S/C13H21N5O/c1-3-4-5-6-14-7-8-18-10-15-12-11(13(18)19)9-16-17(12)2/h9-10,14H,3-8H2,1-2H3. The molecule has 0 aliphatic carbocycles. The van der Waals surface area contributed by atoms with E-state index in [2.05, 4.69) is 22.3 Å². The Morgan fingerprint density at radius 3 is 2.95 bits per heavy atom. The first-order valence-corrected chi connectivity index (χ1v) is 6.82. The van der Waals surface area contributed by atoms with E-state index in [1.54, 1.807) is 28.8 Å². The third-order valence-electron chi connectivity index (χ3n) is 3.20. The lowest BCUT2D eigenvalue weighted by molar-refractivity contribution is 0.559. The molecule has 0 saturated heterocycles. The Labute approximate surface area is 112 Å². The molecule has 0 aliphatic heterocycles. The zero-order valence-electron chi connectivity index (χ0n) is 11.6. The third kappa shape index (κ3) is 3.20. The fourth-order valence-electron chi connectivity index (χ4n) is 2.05. The van der Waals surface area contributed by atoms with Crippen molar-refractivity contribution in [2.75, 3.05) is 13.1 Å². The van der Waals surface area contributed by atoms with E-state index in [4.69, 9.17) is 0 Å². The van der Waals surface area contributed by atoms with E-state index in [0.717, 1.165) is 13.1 Å². The molecule has 0 aromatic carbocycles. The first kappa shape index (κ1) is 13.7. The third-order valence-corrected chi connectivity index (χ3v) is 3.20. The Balaban J connectivity index is 1.94. The first-order chi connectivity index (χ1) is 9.24. The van der Waals surface area contributed by atoms with Gasteiger partial charge in [-0.05, 0) is 13.0 Å². The van der Waals surface area contributed by atoms with E-state index in [-0.39, 0.29) is 5.56 Å². The van der Waals surface area contributed by atoms with Crippen LogP contribution in [-0.4, -0.2) is 32.4 Å². The summed E-state index contributed by atoms with van der Waals surface area (Å²) < 4.78 is 3.25. The van der Waals surface area contributed by atoms with Crippen molar-refractivity contribution in [2.45, 2.75) is 32.7 Å². The molecule has 0 aliphatic rings. The molecule has 2 aromatic rings. The van der Waals surface area contributed by atoms with Crippen LogP contribution in [0.4, 0.5) is 0 Å². The van der Waals surface area contributed by atoms with E-state index in [1.807, 2.05) is 0 Å². The van der Waals surface area contributed by atoms with Crippen molar-refractivity contribution in [2.24, 2.45) is 7.05 Å². The zero-order valence-corrected chi connectivity index (χ0v) is 11.6. The van der Waals surface area contributed by atoms with Gasteiger partial charge < -0.3 is 5.32 Å². The fourth-order valence-corrected chi connectivity index (χ4v) is 2.05. The predicted molar refractivity (Wildman–Crippen MR) is 75.2 cm³/mol. The molecule has 0 saturated carbocycles. The van der Waals surface area contributed by atoms with E-state index in [0.29, 0.717) is 17.6 Å². The van der Waals surface area contributed by atoms with Crippen LogP contribution in [0.3, 0.4) is 0 Å². The van der Waals surface area contributed by atoms with Gasteiger partial charge in [-0.1, -0.05) is 19.8 Å². The molecular weight excluding hydrogens is 242 g/mol. The lowest BCUT2D eigenvalue weighted by Crippen LogP contribution is -2.27. The van der Waals surface area contributed by atoms with Crippen molar-refractivity contribution in [3.8, 4) is 0 Å². The Bertz CT molecular complexity index is 586. The average molecular weight is 263 g/mol. The molecule has 104 valence electrons. The van der Waals surface area contributed by atoms with Crippen molar-refractivity contribution in [1.29, 1.82) is 0 Å². The van der Waals surface area contributed by atoms with Gasteiger partial charge in [0.15, 0.2) is 5.65 Å². The lowest BCUT2D eigenvalue weighted by Gasteiger charge is -2.06. The maximum atomic E-state index is 12.1. The van der Waals surface area contributed by atoms with Gasteiger partial charge in [0.2, 0.25) is 0 Å². The first-order valence-electron chi connectivity index (χ1n) is 6.82. The molecule has 2 rings (SSSR count). The molecule has 0 radical (unpaired) electrons. The molecular formula is C13H21N5O. The summed E-state index contributed by atoms with van der Waals surface area (Å²) in [5.41, 5.74) is 0.616. The predicted octanol–water partition coefficient (Wildman–Crippen LogP) is 0.910. The summed E-state index contributed by atoms with van der Waals surface area (Å²) in [5, 5.41) is 7.97. The highest BCUT2D eigenvalue weighted by Crippen LogP contribution is 2.02. The zero-order chi connectivity index (χ0) is 13.7. The van der Waals surface area contributed by atoms with Crippen LogP contribution < -0.4 is 10.9 Å². The minimum atomic E-state index is -0.0199. The van der Waals surface area contributed by atoms with Crippen molar-refractivity contribution < 1.29 is 0 Å². The molecule has 0 amide bonds. The maximum absolute atomic E-state index is 12.1. The summed E-state index contributed by atoms with van der Waals surface area (Å²) in [7, 11) is 1.79. The van der Waals surface area contributed by atoms with E-state index >= 15 is 0 Å². The number of hydrogen-bond acceptors (Lipinski definition) is 4. The largest absolute Gasteiger partial charge is 0.315 e. The van der Waals surface area contributed by atoms with E-state index < -0.39 is 0 Å². The molecule has 0 fully saturated rings. The van der Waals surface area contributed by atoms with Crippen LogP contribution in [0.15, 0.2) is 17.3 Å². The minimum Gasteiger partial charge on any atom is -0.315 e. The number of fused-ring (bicyclic) bond motifs is 1. The van der Waals surface area contributed by atoms with Gasteiger partial charge in [0.25, 0.3) is 5.56 Å². The number of rotatable bonds is 7. The van der Waals surface area contributed by atoms with Crippen LogP contribution >= 0.6 is 0 Å². The molecule has 19 heavy (non-hydrogen) atoms. The SMILES string of the molecule is CCCCCNCCn1cnc2c(cnn2C)c1=O. The Morgan fingerprint density at radius 1 is 1.32 bits per heavy atom. The van der Waals surface area contributed by atoms with Gasteiger partial charge in [-0.15, -0.1) is 0 Å². The molecule has 2 aromatic heterocycles. The molecule has 0 unspecified atom stereocenters. The molecule has 0 spiro atoms. The van der Waals surface area contributed by atoms with Gasteiger partial charge >= 0.3 is 0 Å². The number of unbranched alkanes of at least 4 members (excludes halogenated alkanes) is 2. The minimum absolute atomic E-state index is 0.0199. The second kappa shape index (κ2) is 6.47. The normalized spacial score (nSPS) is 11.3. The second-order valence-electron chi connectivity index (χ2n) is 4.71. The highest BCUT2D eigenvalue weighted by molar-refractivity contribution is 5.72. The van der Waals surface area contributed by atoms with Crippen LogP contribution in [0.2, 0.25) is 0 Å². The van der Waals surface area contributed by atoms with Crippen molar-refractivity contribution in [3.05, 3.63) is 22.9 Å². The molecule has 6 nitrogen and oxygen atoms in total. The molecule has 2 heterocycles. The number of aryl methyl sites for hydroxylation is 1. The van der Waals surface area contributed by atoms with Gasteiger partial charge in [0.05, 0.1) is 6.20 Å². The van der Waals surface area contributed by atoms with Crippen LogP contribution in [0.25, 0.3) is 11.0 Å². The van der Waals surface area contributed by atoms with Crippen LogP contribution in [0.5, 0.6) is 0 Å². The molecule has 0 bridgehead atoms. The van der Waals surface area contributed by atoms with E-state index in [9.17, 15) is 4.79 Å². The highest BCUT2D eigenvalue weighted by Gasteiger charge is 2.07. The Morgan fingerprint density at radius 2 is 2.16 bits per heavy atom. The van der Waals surface area contributed by atoms with Gasteiger partial charge in [-0.25, -0.2) is 4.98 Å². The second-order valence-corrected chi connectivity index (χ2v) is 4.71. The van der Waals surface area contributed by atoms with Crippen molar-refractivity contribution in [1.82, 2.24) is 24.6 Å². The number of hydrogen-bond donors (Lipinski definition) is 1. The summed E-state index contributed by atoms with van der Waals surface area (Å²) in [6, 6.07) is 0. The summed E-state index contributed by atoms with van der Waals surface area (Å²) in [6.45, 7) is 4.62. The fraction of sp³-hybridized carbons (Fsp3) is 0.615. The van der Waals surface area contributed by atoms with Gasteiger partial charge in [-0.3, -0.25) is 14.0 Å². The van der Waals surface area contributed by atoms with Crippen LogP contribution in [-0.2, 0) is 13.6 Å². The highest BCUT2D eigenvalue weighted by atomic mass is 16.1. The Kier molecular flexibility index (Phi) is 4.68. The van der Waals surface area contributed by atoms with Crippen LogP contribution in [0, 0.1) is 0 Å². The summed E-state index contributed by atoms with van der Waals surface area (Å²) in [4.78, 5) is 16.4. The van der Waals surface area contributed by atoms with Crippen molar-refractivity contribution >= 4 is 11.0 Å². The lowest BCUT2D eigenvalue weighted by atomic mass is 10.2. The quantitative estimate of drug-likeness (QED) is 0.754. The topological polar surface area (TPSA) is 64.7 Å². The van der Waals surface area contributed by atoms with Crippen LogP contribution in [0.1, 0.15) is 26.2 Å². The van der Waals surface area contributed by atoms with Gasteiger partial charge in [-0.2, -0.15) is 5.10 Å². The maximum Gasteiger partial charge on any atom is 0.264 e. The molecule has 0 atom stereocenters. The Hall–Kier alpha value is -1.69. The van der Waals surface area contributed by atoms with E-state index in [1.165, 1.54) is 19.3 Å².